The van der Waals surface area contributed by atoms with Crippen molar-refractivity contribution in [1.82, 2.24) is 9.80 Å². The Hall–Kier alpha value is -3.36. The van der Waals surface area contributed by atoms with Gasteiger partial charge in [0.15, 0.2) is 5.60 Å². The lowest BCUT2D eigenvalue weighted by Crippen LogP contribution is -2.41. The second-order valence-corrected chi connectivity index (χ2v) is 10.2. The van der Waals surface area contributed by atoms with Gasteiger partial charge in [0.2, 0.25) is 0 Å². The lowest BCUT2D eigenvalue weighted by molar-refractivity contribution is 0.0319. The Kier molecular flexibility index (Phi) is 8.53. The smallest absolute Gasteiger partial charge is 0.173 e. The first-order chi connectivity index (χ1) is 18.9. The van der Waals surface area contributed by atoms with Crippen molar-refractivity contribution >= 4 is 0 Å². The summed E-state index contributed by atoms with van der Waals surface area (Å²) in [4.78, 5) is 4.71. The summed E-state index contributed by atoms with van der Waals surface area (Å²) in [7, 11) is 0. The molecule has 1 aliphatic heterocycles. The maximum atomic E-state index is 14.2. The fraction of sp³-hybridized carbons (Fsp3) is 0.312. The number of benzene rings is 3. The zero-order valence-electron chi connectivity index (χ0n) is 22.2. The first-order valence-electron chi connectivity index (χ1n) is 13.3. The molecule has 1 N–H and O–H groups in total. The van der Waals surface area contributed by atoms with Crippen LogP contribution in [0.15, 0.2) is 89.3 Å². The quantitative estimate of drug-likeness (QED) is 0.293. The molecular weight excluding hydrogens is 498 g/mol. The molecular formula is C32H34F2N2O3. The standard InChI is InChI=1S/C32H34F2N2O3/c1-24-5-2-6-25(19-24)22-36(14-13-35-15-17-38-18-16-35)23-30-11-12-31(39-30)32(37,26-7-3-9-28(33)20-26)27-8-4-10-29(34)21-27/h2-12,19-21,37H,13-18,22-23H2,1H3. The average Bonchev–Trinajstić information content (AvgIpc) is 3.41. The van der Waals surface area contributed by atoms with E-state index in [1.807, 2.05) is 6.07 Å². The van der Waals surface area contributed by atoms with E-state index in [9.17, 15) is 13.9 Å². The van der Waals surface area contributed by atoms with E-state index in [2.05, 4.69) is 41.0 Å². The summed E-state index contributed by atoms with van der Waals surface area (Å²) >= 11 is 0. The van der Waals surface area contributed by atoms with Crippen LogP contribution in [-0.2, 0) is 23.4 Å². The molecule has 2 heterocycles. The molecule has 0 unspecified atom stereocenters. The van der Waals surface area contributed by atoms with Crippen molar-refractivity contribution in [3.05, 3.63) is 130 Å². The van der Waals surface area contributed by atoms with Crippen molar-refractivity contribution in [2.24, 2.45) is 0 Å². The Morgan fingerprint density at radius 1 is 0.846 bits per heavy atom. The highest BCUT2D eigenvalue weighted by Crippen LogP contribution is 2.38. The molecule has 0 saturated carbocycles. The minimum Gasteiger partial charge on any atom is -0.461 e. The van der Waals surface area contributed by atoms with E-state index < -0.39 is 17.2 Å². The monoisotopic (exact) mass is 532 g/mol. The molecule has 0 spiro atoms. The Balaban J connectivity index is 1.43. The lowest BCUT2D eigenvalue weighted by atomic mass is 9.84. The van der Waals surface area contributed by atoms with Gasteiger partial charge in [0.1, 0.15) is 23.2 Å². The first kappa shape index (κ1) is 27.2. The van der Waals surface area contributed by atoms with Gasteiger partial charge in [-0.1, -0.05) is 54.1 Å². The van der Waals surface area contributed by atoms with Crippen LogP contribution in [0.5, 0.6) is 0 Å². The molecule has 4 aromatic rings. The molecule has 204 valence electrons. The highest BCUT2D eigenvalue weighted by atomic mass is 19.1. The largest absolute Gasteiger partial charge is 0.461 e. The zero-order valence-corrected chi connectivity index (χ0v) is 22.2. The average molecular weight is 533 g/mol. The summed E-state index contributed by atoms with van der Waals surface area (Å²) in [5, 5.41) is 12.0. The molecule has 1 saturated heterocycles. The molecule has 7 heteroatoms. The molecule has 0 amide bonds. The maximum absolute atomic E-state index is 14.2. The van der Waals surface area contributed by atoms with Gasteiger partial charge < -0.3 is 14.3 Å². The van der Waals surface area contributed by atoms with Crippen molar-refractivity contribution in [2.45, 2.75) is 25.6 Å². The Morgan fingerprint density at radius 2 is 1.51 bits per heavy atom. The predicted octanol–water partition coefficient (Wildman–Crippen LogP) is 5.48. The number of aliphatic hydroxyl groups is 1. The minimum absolute atomic E-state index is 0.206. The summed E-state index contributed by atoms with van der Waals surface area (Å²) < 4.78 is 40.2. The topological polar surface area (TPSA) is 49.1 Å². The molecule has 3 aromatic carbocycles. The van der Waals surface area contributed by atoms with Crippen molar-refractivity contribution in [1.29, 1.82) is 0 Å². The van der Waals surface area contributed by atoms with Crippen LogP contribution in [-0.4, -0.2) is 54.3 Å². The van der Waals surface area contributed by atoms with Crippen molar-refractivity contribution in [2.75, 3.05) is 39.4 Å². The Labute approximate surface area is 228 Å². The highest BCUT2D eigenvalue weighted by molar-refractivity contribution is 5.44. The number of nitrogens with zero attached hydrogens (tertiary/aromatic N) is 2. The van der Waals surface area contributed by atoms with Gasteiger partial charge in [-0.05, 0) is 60.0 Å². The van der Waals surface area contributed by atoms with Crippen LogP contribution in [0.25, 0.3) is 0 Å². The highest BCUT2D eigenvalue weighted by Gasteiger charge is 2.38. The van der Waals surface area contributed by atoms with Crippen molar-refractivity contribution < 1.29 is 23.0 Å². The van der Waals surface area contributed by atoms with Crippen LogP contribution in [0.2, 0.25) is 0 Å². The Morgan fingerprint density at radius 3 is 2.15 bits per heavy atom. The van der Waals surface area contributed by atoms with E-state index in [-0.39, 0.29) is 16.9 Å². The molecule has 39 heavy (non-hydrogen) atoms. The maximum Gasteiger partial charge on any atom is 0.173 e. The molecule has 0 radical (unpaired) electrons. The second kappa shape index (κ2) is 12.2. The summed E-state index contributed by atoms with van der Waals surface area (Å²) in [5.41, 5.74) is 1.07. The van der Waals surface area contributed by atoms with E-state index in [4.69, 9.17) is 9.15 Å². The van der Waals surface area contributed by atoms with Gasteiger partial charge in [-0.2, -0.15) is 0 Å². The number of halogens is 2. The molecule has 5 rings (SSSR count). The molecule has 5 nitrogen and oxygen atoms in total. The van der Waals surface area contributed by atoms with Crippen LogP contribution in [0, 0.1) is 18.6 Å². The van der Waals surface area contributed by atoms with E-state index in [0.29, 0.717) is 12.3 Å². The summed E-state index contributed by atoms with van der Waals surface area (Å²) in [6, 6.07) is 23.4. The Bertz CT molecular complexity index is 1340. The van der Waals surface area contributed by atoms with E-state index in [0.717, 1.165) is 45.9 Å². The van der Waals surface area contributed by atoms with Crippen LogP contribution < -0.4 is 0 Å². The summed E-state index contributed by atoms with van der Waals surface area (Å²) in [5.74, 6) is -0.133. The third-order valence-electron chi connectivity index (χ3n) is 7.21. The number of hydrogen-bond donors (Lipinski definition) is 1. The van der Waals surface area contributed by atoms with Crippen LogP contribution >= 0.6 is 0 Å². The number of ether oxygens (including phenoxy) is 1. The van der Waals surface area contributed by atoms with Crippen LogP contribution in [0.1, 0.15) is 33.8 Å². The van der Waals surface area contributed by atoms with Gasteiger partial charge in [-0.15, -0.1) is 0 Å². The molecule has 1 fully saturated rings. The summed E-state index contributed by atoms with van der Waals surface area (Å²) in [6.45, 7) is 8.38. The molecule has 1 aromatic heterocycles. The second-order valence-electron chi connectivity index (χ2n) is 10.2. The first-order valence-corrected chi connectivity index (χ1v) is 13.3. The van der Waals surface area contributed by atoms with Gasteiger partial charge in [-0.25, -0.2) is 8.78 Å². The lowest BCUT2D eigenvalue weighted by Gasteiger charge is -2.30. The van der Waals surface area contributed by atoms with Crippen LogP contribution in [0.4, 0.5) is 8.78 Å². The normalized spacial score (nSPS) is 14.7. The van der Waals surface area contributed by atoms with Gasteiger partial charge in [0.25, 0.3) is 0 Å². The van der Waals surface area contributed by atoms with E-state index in [1.165, 1.54) is 47.5 Å². The van der Waals surface area contributed by atoms with E-state index in [1.54, 1.807) is 18.2 Å². The molecule has 0 atom stereocenters. The van der Waals surface area contributed by atoms with E-state index >= 15 is 0 Å². The van der Waals surface area contributed by atoms with Crippen molar-refractivity contribution in [3.8, 4) is 0 Å². The predicted molar refractivity (Wildman–Crippen MR) is 146 cm³/mol. The van der Waals surface area contributed by atoms with Crippen molar-refractivity contribution in [3.63, 3.8) is 0 Å². The third kappa shape index (κ3) is 6.62. The molecule has 0 bridgehead atoms. The number of rotatable bonds is 10. The SMILES string of the molecule is Cc1cccc(CN(CCN2CCOCC2)Cc2ccc(C(O)(c3cccc(F)c3)c3cccc(F)c3)o2)c1. The number of morpholine rings is 1. The number of hydrogen-bond acceptors (Lipinski definition) is 5. The van der Waals surface area contributed by atoms with Gasteiger partial charge in [0.05, 0.1) is 19.8 Å². The zero-order chi connectivity index (χ0) is 27.2. The number of aryl methyl sites for hydroxylation is 1. The fourth-order valence-corrected chi connectivity index (χ4v) is 5.15. The summed E-state index contributed by atoms with van der Waals surface area (Å²) in [6.07, 6.45) is 0. The van der Waals surface area contributed by atoms with Gasteiger partial charge >= 0.3 is 0 Å². The third-order valence-corrected chi connectivity index (χ3v) is 7.21. The van der Waals surface area contributed by atoms with Gasteiger partial charge in [-0.3, -0.25) is 9.80 Å². The fourth-order valence-electron chi connectivity index (χ4n) is 5.15. The molecule has 1 aliphatic rings. The van der Waals surface area contributed by atoms with Crippen LogP contribution in [0.3, 0.4) is 0 Å². The number of furan rings is 1. The van der Waals surface area contributed by atoms with Gasteiger partial charge in [0, 0.05) is 32.7 Å². The minimum atomic E-state index is -1.86. The molecule has 0 aliphatic carbocycles.